The molecule has 1 N–H and O–H groups in total. The molecule has 2 aromatic rings. The van der Waals surface area contributed by atoms with Crippen LogP contribution >= 0.6 is 0 Å². The van der Waals surface area contributed by atoms with Gasteiger partial charge in [0.15, 0.2) is 6.61 Å². The minimum atomic E-state index is -0.809. The van der Waals surface area contributed by atoms with Gasteiger partial charge >= 0.3 is 5.97 Å². The minimum absolute atomic E-state index is 0.0736. The fourth-order valence-electron chi connectivity index (χ4n) is 3.66. The summed E-state index contributed by atoms with van der Waals surface area (Å²) < 4.78 is 11.2. The molecule has 2 fully saturated rings. The highest BCUT2D eigenvalue weighted by Crippen LogP contribution is 2.44. The third kappa shape index (κ3) is 4.24. The van der Waals surface area contributed by atoms with Gasteiger partial charge in [-0.1, -0.05) is 6.07 Å². The minimum Gasteiger partial charge on any atom is -0.484 e. The highest BCUT2D eigenvalue weighted by molar-refractivity contribution is 5.80. The molecule has 7 nitrogen and oxygen atoms in total. The van der Waals surface area contributed by atoms with Crippen LogP contribution in [0.2, 0.25) is 0 Å². The predicted molar refractivity (Wildman–Crippen MR) is 100 cm³/mol. The van der Waals surface area contributed by atoms with Crippen molar-refractivity contribution in [1.29, 1.82) is 0 Å². The largest absolute Gasteiger partial charge is 0.484 e. The van der Waals surface area contributed by atoms with Crippen LogP contribution in [0.1, 0.15) is 12.8 Å². The fourth-order valence-corrected chi connectivity index (χ4v) is 3.66. The number of likely N-dealkylation sites (tertiary alicyclic amines) is 1. The molecule has 1 aliphatic heterocycles. The molecule has 28 heavy (non-hydrogen) atoms. The van der Waals surface area contributed by atoms with Crippen molar-refractivity contribution in [3.05, 3.63) is 48.7 Å². The monoisotopic (exact) mass is 382 g/mol. The number of ether oxygens (including phenoxy) is 2. The molecule has 2 aliphatic rings. The third-order valence-corrected chi connectivity index (χ3v) is 5.31. The molecule has 0 spiro atoms. The molecule has 2 heterocycles. The Morgan fingerprint density at radius 3 is 2.46 bits per heavy atom. The lowest BCUT2D eigenvalue weighted by Gasteiger charge is -2.16. The molecule has 1 saturated carbocycles. The first-order chi connectivity index (χ1) is 13.6. The Labute approximate surface area is 162 Å². The number of carboxylic acids is 1. The normalized spacial score (nSPS) is 21.4. The Hall–Kier alpha value is -3.09. The smallest absolute Gasteiger partial charge is 0.308 e. The maximum absolute atomic E-state index is 12.5. The van der Waals surface area contributed by atoms with E-state index in [1.54, 1.807) is 41.4 Å². The van der Waals surface area contributed by atoms with E-state index in [0.717, 1.165) is 12.8 Å². The van der Waals surface area contributed by atoms with E-state index in [1.165, 1.54) is 0 Å². The Balaban J connectivity index is 1.29. The molecule has 1 amide bonds. The van der Waals surface area contributed by atoms with Crippen molar-refractivity contribution in [3.8, 4) is 17.4 Å². The number of carboxylic acid groups (broad SMARTS) is 1. The van der Waals surface area contributed by atoms with E-state index in [2.05, 4.69) is 4.98 Å². The van der Waals surface area contributed by atoms with Crippen LogP contribution in [-0.4, -0.2) is 46.6 Å². The van der Waals surface area contributed by atoms with Crippen molar-refractivity contribution in [2.45, 2.75) is 12.8 Å². The SMILES string of the molecule is O=C(O)[C@H]1CN(C(=O)COc2ccc(Oc3ccccn3)cc2)C[C@@H]1C1CC1. The van der Waals surface area contributed by atoms with E-state index in [1.807, 2.05) is 12.1 Å². The number of aromatic nitrogens is 1. The molecule has 2 atom stereocenters. The molecule has 0 radical (unpaired) electrons. The van der Waals surface area contributed by atoms with Crippen molar-refractivity contribution in [2.24, 2.45) is 17.8 Å². The molecule has 0 bridgehead atoms. The Morgan fingerprint density at radius 2 is 1.82 bits per heavy atom. The summed E-state index contributed by atoms with van der Waals surface area (Å²) in [5, 5.41) is 9.41. The summed E-state index contributed by atoms with van der Waals surface area (Å²) >= 11 is 0. The van der Waals surface area contributed by atoms with Gasteiger partial charge in [0, 0.05) is 25.4 Å². The number of amides is 1. The van der Waals surface area contributed by atoms with E-state index in [4.69, 9.17) is 9.47 Å². The number of rotatable bonds is 7. The topological polar surface area (TPSA) is 89.0 Å². The summed E-state index contributed by atoms with van der Waals surface area (Å²) in [4.78, 5) is 29.6. The van der Waals surface area contributed by atoms with Gasteiger partial charge in [-0.25, -0.2) is 4.98 Å². The van der Waals surface area contributed by atoms with Crippen molar-refractivity contribution in [3.63, 3.8) is 0 Å². The van der Waals surface area contributed by atoms with Crippen molar-refractivity contribution < 1.29 is 24.2 Å². The lowest BCUT2D eigenvalue weighted by Crippen LogP contribution is -2.33. The van der Waals surface area contributed by atoms with E-state index in [0.29, 0.717) is 29.8 Å². The molecular weight excluding hydrogens is 360 g/mol. The number of aliphatic carboxylic acids is 1. The number of pyridine rings is 1. The van der Waals surface area contributed by atoms with Crippen molar-refractivity contribution in [1.82, 2.24) is 9.88 Å². The average Bonchev–Trinajstić information content (AvgIpc) is 3.45. The summed E-state index contributed by atoms with van der Waals surface area (Å²) in [5.74, 6) is 0.747. The van der Waals surface area contributed by atoms with Crippen LogP contribution in [0.5, 0.6) is 17.4 Å². The number of carbonyl (C=O) groups is 2. The number of carbonyl (C=O) groups excluding carboxylic acids is 1. The average molecular weight is 382 g/mol. The lowest BCUT2D eigenvalue weighted by molar-refractivity contribution is -0.142. The summed E-state index contributed by atoms with van der Waals surface area (Å²) in [7, 11) is 0. The first kappa shape index (κ1) is 18.3. The molecule has 1 saturated heterocycles. The fraction of sp³-hybridized carbons (Fsp3) is 0.381. The van der Waals surface area contributed by atoms with Gasteiger partial charge in [0.05, 0.1) is 5.92 Å². The van der Waals surface area contributed by atoms with Gasteiger partial charge < -0.3 is 19.5 Å². The molecule has 1 aromatic heterocycles. The zero-order valence-electron chi connectivity index (χ0n) is 15.4. The Morgan fingerprint density at radius 1 is 1.07 bits per heavy atom. The number of benzene rings is 1. The highest BCUT2D eigenvalue weighted by atomic mass is 16.5. The van der Waals surface area contributed by atoms with Gasteiger partial charge in [0.2, 0.25) is 5.88 Å². The van der Waals surface area contributed by atoms with Gasteiger partial charge in [-0.15, -0.1) is 0 Å². The van der Waals surface area contributed by atoms with Gasteiger partial charge in [-0.3, -0.25) is 9.59 Å². The molecular formula is C21H22N2O5. The number of hydrogen-bond donors (Lipinski definition) is 1. The zero-order valence-corrected chi connectivity index (χ0v) is 15.4. The molecule has 4 rings (SSSR count). The van der Waals surface area contributed by atoms with E-state index in [-0.39, 0.29) is 25.0 Å². The number of hydrogen-bond acceptors (Lipinski definition) is 5. The van der Waals surface area contributed by atoms with Crippen LogP contribution in [0.3, 0.4) is 0 Å². The van der Waals surface area contributed by atoms with Crippen molar-refractivity contribution in [2.75, 3.05) is 19.7 Å². The second kappa shape index (κ2) is 7.88. The van der Waals surface area contributed by atoms with E-state index < -0.39 is 11.9 Å². The maximum Gasteiger partial charge on any atom is 0.308 e. The lowest BCUT2D eigenvalue weighted by atomic mass is 9.92. The second-order valence-corrected chi connectivity index (χ2v) is 7.27. The zero-order chi connectivity index (χ0) is 19.5. The summed E-state index contributed by atoms with van der Waals surface area (Å²) in [5.41, 5.74) is 0. The standard InChI is InChI=1S/C21H22N2O5/c24-20(23-11-17(14-4-5-14)18(12-23)21(25)26)13-27-15-6-8-16(9-7-15)28-19-3-1-2-10-22-19/h1-3,6-10,14,17-18H,4-5,11-13H2,(H,25,26)/t17-,18+/m1/s1. The Bertz CT molecular complexity index is 836. The highest BCUT2D eigenvalue weighted by Gasteiger charge is 2.46. The quantitative estimate of drug-likeness (QED) is 0.792. The van der Waals surface area contributed by atoms with Crippen LogP contribution in [0.4, 0.5) is 0 Å². The van der Waals surface area contributed by atoms with Crippen LogP contribution in [0.25, 0.3) is 0 Å². The van der Waals surface area contributed by atoms with Crippen LogP contribution < -0.4 is 9.47 Å². The van der Waals surface area contributed by atoms with Crippen molar-refractivity contribution >= 4 is 11.9 Å². The molecule has 146 valence electrons. The summed E-state index contributed by atoms with van der Waals surface area (Å²) in [6, 6.07) is 12.4. The molecule has 0 unspecified atom stereocenters. The number of nitrogens with zero attached hydrogens (tertiary/aromatic N) is 2. The van der Waals surface area contributed by atoms with Crippen LogP contribution in [0, 0.1) is 17.8 Å². The van der Waals surface area contributed by atoms with Gasteiger partial charge in [-0.2, -0.15) is 0 Å². The third-order valence-electron chi connectivity index (χ3n) is 5.31. The second-order valence-electron chi connectivity index (χ2n) is 7.27. The maximum atomic E-state index is 12.5. The van der Waals surface area contributed by atoms with Gasteiger partial charge in [0.25, 0.3) is 5.91 Å². The first-order valence-electron chi connectivity index (χ1n) is 9.42. The van der Waals surface area contributed by atoms with E-state index in [9.17, 15) is 14.7 Å². The summed E-state index contributed by atoms with van der Waals surface area (Å²) in [6.07, 6.45) is 3.79. The molecule has 1 aliphatic carbocycles. The van der Waals surface area contributed by atoms with Gasteiger partial charge in [-0.05, 0) is 55.0 Å². The first-order valence-corrected chi connectivity index (χ1v) is 9.42. The summed E-state index contributed by atoms with van der Waals surface area (Å²) in [6.45, 7) is 0.681. The Kier molecular flexibility index (Phi) is 5.14. The predicted octanol–water partition coefficient (Wildman–Crippen LogP) is 2.82. The van der Waals surface area contributed by atoms with E-state index >= 15 is 0 Å². The van der Waals surface area contributed by atoms with Crippen LogP contribution in [-0.2, 0) is 9.59 Å². The molecule has 1 aromatic carbocycles. The molecule has 7 heteroatoms. The van der Waals surface area contributed by atoms with Crippen LogP contribution in [0.15, 0.2) is 48.7 Å². The van der Waals surface area contributed by atoms with Gasteiger partial charge in [0.1, 0.15) is 11.5 Å².